The Morgan fingerprint density at radius 1 is 1.11 bits per heavy atom. The molecule has 0 bridgehead atoms. The second-order valence-electron chi connectivity index (χ2n) is 7.08. The van der Waals surface area contributed by atoms with Crippen molar-refractivity contribution >= 4 is 11.6 Å². The lowest BCUT2D eigenvalue weighted by atomic mass is 10.1. The van der Waals surface area contributed by atoms with Crippen molar-refractivity contribution in [1.29, 1.82) is 0 Å². The topological polar surface area (TPSA) is 72.3 Å². The van der Waals surface area contributed by atoms with Gasteiger partial charge in [-0.3, -0.25) is 4.79 Å². The summed E-state index contributed by atoms with van der Waals surface area (Å²) in [5.41, 5.74) is 3.06. The first-order valence-corrected chi connectivity index (χ1v) is 9.55. The molecule has 2 aliphatic rings. The van der Waals surface area contributed by atoms with Crippen LogP contribution < -0.4 is 5.32 Å². The second-order valence-corrected chi connectivity index (χ2v) is 7.08. The van der Waals surface area contributed by atoms with E-state index in [0.717, 1.165) is 30.8 Å². The van der Waals surface area contributed by atoms with Gasteiger partial charge in [0.25, 0.3) is 5.91 Å². The molecular weight excluding hydrogens is 354 g/mol. The van der Waals surface area contributed by atoms with Crippen LogP contribution in [0.25, 0.3) is 5.69 Å². The number of nitrogens with zero attached hydrogens (tertiary/aromatic N) is 4. The summed E-state index contributed by atoms with van der Waals surface area (Å²) >= 11 is 0. The molecule has 2 unspecified atom stereocenters. The van der Waals surface area contributed by atoms with Crippen LogP contribution in [0.15, 0.2) is 60.8 Å². The monoisotopic (exact) mass is 375 g/mol. The van der Waals surface area contributed by atoms with Gasteiger partial charge in [0.2, 0.25) is 0 Å². The Balaban J connectivity index is 1.50. The van der Waals surface area contributed by atoms with Gasteiger partial charge in [-0.25, -0.2) is 0 Å². The highest BCUT2D eigenvalue weighted by Crippen LogP contribution is 2.33. The van der Waals surface area contributed by atoms with Crippen molar-refractivity contribution in [2.24, 2.45) is 0 Å². The third kappa shape index (κ3) is 3.03. The van der Waals surface area contributed by atoms with E-state index in [1.165, 1.54) is 0 Å². The Labute approximate surface area is 162 Å². The average molecular weight is 375 g/mol. The summed E-state index contributed by atoms with van der Waals surface area (Å²) in [5, 5.41) is 12.5. The van der Waals surface area contributed by atoms with Crippen molar-refractivity contribution in [3.63, 3.8) is 0 Å². The van der Waals surface area contributed by atoms with Crippen LogP contribution in [-0.4, -0.2) is 45.1 Å². The molecule has 142 valence electrons. The smallest absolute Gasteiger partial charge is 0.257 e. The molecule has 0 spiro atoms. The quantitative estimate of drug-likeness (QED) is 0.759. The van der Waals surface area contributed by atoms with Gasteiger partial charge in [-0.1, -0.05) is 30.3 Å². The van der Waals surface area contributed by atoms with E-state index in [0.29, 0.717) is 17.8 Å². The van der Waals surface area contributed by atoms with Gasteiger partial charge in [0.1, 0.15) is 11.9 Å². The number of aromatic nitrogens is 3. The zero-order valence-electron chi connectivity index (χ0n) is 15.4. The number of rotatable bonds is 4. The van der Waals surface area contributed by atoms with Crippen molar-refractivity contribution in [2.45, 2.75) is 25.1 Å². The van der Waals surface area contributed by atoms with Crippen LogP contribution in [0.4, 0.5) is 5.69 Å². The van der Waals surface area contributed by atoms with E-state index in [4.69, 9.17) is 4.74 Å². The maximum atomic E-state index is 13.2. The van der Waals surface area contributed by atoms with Gasteiger partial charge >= 0.3 is 0 Å². The van der Waals surface area contributed by atoms with Crippen LogP contribution in [0.1, 0.15) is 35.1 Å². The fraction of sp³-hybridized carbons (Fsp3) is 0.286. The molecule has 0 saturated carbocycles. The number of hydrogen-bond donors (Lipinski definition) is 1. The Kier molecular flexibility index (Phi) is 4.29. The Morgan fingerprint density at radius 2 is 1.93 bits per heavy atom. The molecule has 7 heteroatoms. The van der Waals surface area contributed by atoms with E-state index in [9.17, 15) is 4.79 Å². The van der Waals surface area contributed by atoms with E-state index in [-0.39, 0.29) is 18.2 Å². The van der Waals surface area contributed by atoms with E-state index in [1.807, 2.05) is 59.5 Å². The first-order chi connectivity index (χ1) is 13.8. The normalized spacial score (nSPS) is 21.4. The standard InChI is InChI=1S/C21H21N5O2/c27-21-17-10-4-5-11-18(17)23-20(25(21)14-16-9-6-12-28-16)19-13-22-26(24-19)15-7-2-1-3-8-15/h1-5,7-8,10-11,13,16,20,23H,6,9,12,14H2. The number of nitrogens with one attached hydrogen (secondary N) is 1. The first kappa shape index (κ1) is 16.9. The van der Waals surface area contributed by atoms with Crippen molar-refractivity contribution < 1.29 is 9.53 Å². The predicted molar refractivity (Wildman–Crippen MR) is 104 cm³/mol. The molecule has 28 heavy (non-hydrogen) atoms. The van der Waals surface area contributed by atoms with Gasteiger partial charge in [0.15, 0.2) is 0 Å². The average Bonchev–Trinajstić information content (AvgIpc) is 3.43. The molecule has 2 aromatic carbocycles. The van der Waals surface area contributed by atoms with Crippen LogP contribution in [-0.2, 0) is 4.74 Å². The number of benzene rings is 2. The zero-order chi connectivity index (χ0) is 18.9. The molecule has 1 N–H and O–H groups in total. The lowest BCUT2D eigenvalue weighted by Gasteiger charge is -2.37. The minimum atomic E-state index is -0.385. The molecule has 1 saturated heterocycles. The fourth-order valence-electron chi connectivity index (χ4n) is 3.81. The van der Waals surface area contributed by atoms with Gasteiger partial charge in [0.05, 0.1) is 23.6 Å². The van der Waals surface area contributed by atoms with E-state index >= 15 is 0 Å². The molecule has 0 aliphatic carbocycles. The Morgan fingerprint density at radius 3 is 2.75 bits per heavy atom. The molecular formula is C21H21N5O2. The summed E-state index contributed by atoms with van der Waals surface area (Å²) in [4.78, 5) is 16.6. The number of anilines is 1. The number of amides is 1. The van der Waals surface area contributed by atoms with Gasteiger partial charge in [-0.05, 0) is 37.1 Å². The number of ether oxygens (including phenoxy) is 1. The Hall–Kier alpha value is -3.19. The van der Waals surface area contributed by atoms with Crippen molar-refractivity contribution in [3.05, 3.63) is 72.1 Å². The lowest BCUT2D eigenvalue weighted by molar-refractivity contribution is 0.0422. The van der Waals surface area contributed by atoms with Crippen molar-refractivity contribution in [1.82, 2.24) is 19.9 Å². The molecule has 1 fully saturated rings. The molecule has 0 radical (unpaired) electrons. The summed E-state index contributed by atoms with van der Waals surface area (Å²) in [6.07, 6.45) is 3.39. The third-order valence-electron chi connectivity index (χ3n) is 5.22. The molecule has 5 rings (SSSR count). The van der Waals surface area contributed by atoms with Gasteiger partial charge in [-0.2, -0.15) is 9.90 Å². The van der Waals surface area contributed by atoms with E-state index in [2.05, 4.69) is 15.5 Å². The number of hydrogen-bond acceptors (Lipinski definition) is 5. The summed E-state index contributed by atoms with van der Waals surface area (Å²) in [6, 6.07) is 17.3. The van der Waals surface area contributed by atoms with Crippen LogP contribution in [0, 0.1) is 0 Å². The molecule has 7 nitrogen and oxygen atoms in total. The summed E-state index contributed by atoms with van der Waals surface area (Å²) in [6.45, 7) is 1.29. The maximum absolute atomic E-state index is 13.2. The highest BCUT2D eigenvalue weighted by atomic mass is 16.5. The SMILES string of the molecule is O=C1c2ccccc2NC(c2cnn(-c3ccccc3)n2)N1CC1CCCO1. The minimum Gasteiger partial charge on any atom is -0.376 e. The maximum Gasteiger partial charge on any atom is 0.257 e. The fourth-order valence-corrected chi connectivity index (χ4v) is 3.81. The second kappa shape index (κ2) is 7.09. The molecule has 1 aromatic heterocycles. The van der Waals surface area contributed by atoms with Crippen molar-refractivity contribution in [3.8, 4) is 5.69 Å². The lowest BCUT2D eigenvalue weighted by Crippen LogP contribution is -2.46. The summed E-state index contributed by atoms with van der Waals surface area (Å²) < 4.78 is 5.79. The first-order valence-electron chi connectivity index (χ1n) is 9.55. The summed E-state index contributed by atoms with van der Waals surface area (Å²) in [5.74, 6) is -0.0101. The largest absolute Gasteiger partial charge is 0.376 e. The molecule has 2 aliphatic heterocycles. The van der Waals surface area contributed by atoms with E-state index < -0.39 is 0 Å². The highest BCUT2D eigenvalue weighted by Gasteiger charge is 2.36. The van der Waals surface area contributed by atoms with E-state index in [1.54, 1.807) is 11.0 Å². The molecule has 3 heterocycles. The van der Waals surface area contributed by atoms with Crippen molar-refractivity contribution in [2.75, 3.05) is 18.5 Å². The minimum absolute atomic E-state index is 0.0101. The van der Waals surface area contributed by atoms with Gasteiger partial charge < -0.3 is 15.0 Å². The Bertz CT molecular complexity index is 981. The van der Waals surface area contributed by atoms with Crippen LogP contribution >= 0.6 is 0 Å². The van der Waals surface area contributed by atoms with Gasteiger partial charge in [0, 0.05) is 18.8 Å². The number of fused-ring (bicyclic) bond motifs is 1. The molecule has 1 amide bonds. The third-order valence-corrected chi connectivity index (χ3v) is 5.22. The highest BCUT2D eigenvalue weighted by molar-refractivity contribution is 6.01. The predicted octanol–water partition coefficient (Wildman–Crippen LogP) is 3.01. The van der Waals surface area contributed by atoms with Crippen LogP contribution in [0.3, 0.4) is 0 Å². The molecule has 2 atom stereocenters. The van der Waals surface area contributed by atoms with Crippen LogP contribution in [0.5, 0.6) is 0 Å². The molecule has 3 aromatic rings. The zero-order valence-corrected chi connectivity index (χ0v) is 15.4. The number of carbonyl (C=O) groups excluding carboxylic acids is 1. The summed E-state index contributed by atoms with van der Waals surface area (Å²) in [7, 11) is 0. The van der Waals surface area contributed by atoms with Gasteiger partial charge in [-0.15, -0.1) is 5.10 Å². The van der Waals surface area contributed by atoms with Crippen LogP contribution in [0.2, 0.25) is 0 Å². The number of carbonyl (C=O) groups is 1. The number of para-hydroxylation sites is 2.